The van der Waals surface area contributed by atoms with E-state index in [1.165, 1.54) is 12.1 Å². The van der Waals surface area contributed by atoms with Gasteiger partial charge in [0.05, 0.1) is 6.54 Å². The third kappa shape index (κ3) is 2.29. The molecule has 0 aromatic carbocycles. The second-order valence-corrected chi connectivity index (χ2v) is 2.00. The number of carbonyl (C=O) groups is 1. The summed E-state index contributed by atoms with van der Waals surface area (Å²) in [5.74, 6) is 0. The number of anilines is 1. The SMILES string of the molecule is Nc1cc[c-]n(CC=O)c1=O.[Re]. The average molecular weight is 337 g/mol. The number of pyridine rings is 1. The molecule has 1 radical (unpaired) electrons. The van der Waals surface area contributed by atoms with Crippen LogP contribution in [0.25, 0.3) is 0 Å². The summed E-state index contributed by atoms with van der Waals surface area (Å²) in [5.41, 5.74) is 5.04. The van der Waals surface area contributed by atoms with Crippen LogP contribution in [0.4, 0.5) is 5.69 Å². The van der Waals surface area contributed by atoms with Crippen molar-refractivity contribution in [3.05, 3.63) is 28.7 Å². The van der Waals surface area contributed by atoms with Crippen molar-refractivity contribution >= 4 is 12.0 Å². The van der Waals surface area contributed by atoms with Crippen LogP contribution in [0, 0.1) is 6.20 Å². The van der Waals surface area contributed by atoms with Crippen LogP contribution in [-0.4, -0.2) is 10.9 Å². The van der Waals surface area contributed by atoms with E-state index in [2.05, 4.69) is 6.20 Å². The molecular formula is C7H7N2O2Re-. The fourth-order valence-electron chi connectivity index (χ4n) is 0.713. The molecule has 1 aromatic heterocycles. The van der Waals surface area contributed by atoms with Crippen LogP contribution >= 0.6 is 0 Å². The molecule has 2 N–H and O–H groups in total. The van der Waals surface area contributed by atoms with Crippen molar-refractivity contribution < 1.29 is 25.2 Å². The van der Waals surface area contributed by atoms with Gasteiger partial charge in [0.2, 0.25) is 0 Å². The molecule has 5 heteroatoms. The number of carbonyl (C=O) groups excluding carboxylic acids is 1. The van der Waals surface area contributed by atoms with E-state index >= 15 is 0 Å². The Morgan fingerprint density at radius 2 is 2.33 bits per heavy atom. The van der Waals surface area contributed by atoms with Crippen LogP contribution < -0.4 is 11.3 Å². The van der Waals surface area contributed by atoms with Crippen molar-refractivity contribution in [2.75, 3.05) is 5.73 Å². The number of nitrogen functional groups attached to an aromatic ring is 1. The minimum Gasteiger partial charge on any atom is -0.416 e. The smallest absolute Gasteiger partial charge is 0.158 e. The first-order chi connectivity index (χ1) is 5.25. The maximum atomic E-state index is 11.0. The molecule has 0 atom stereocenters. The first-order valence-corrected chi connectivity index (χ1v) is 3.06. The Balaban J connectivity index is 0.00000121. The number of hydrogen-bond donors (Lipinski definition) is 1. The zero-order valence-corrected chi connectivity index (χ0v) is 8.87. The fraction of sp³-hybridized carbons (Fsp3) is 0.143. The second kappa shape index (κ2) is 4.86. The van der Waals surface area contributed by atoms with E-state index in [0.717, 1.165) is 4.57 Å². The molecule has 0 aliphatic carbocycles. The zero-order chi connectivity index (χ0) is 8.27. The van der Waals surface area contributed by atoms with Gasteiger partial charge in [0.15, 0.2) is 5.56 Å². The summed E-state index contributed by atoms with van der Waals surface area (Å²) in [6.07, 6.45) is 3.19. The van der Waals surface area contributed by atoms with Gasteiger partial charge >= 0.3 is 0 Å². The third-order valence-corrected chi connectivity index (χ3v) is 1.24. The normalized spacial score (nSPS) is 8.67. The van der Waals surface area contributed by atoms with Crippen molar-refractivity contribution in [2.45, 2.75) is 6.54 Å². The van der Waals surface area contributed by atoms with Gasteiger partial charge in [0.25, 0.3) is 0 Å². The molecule has 1 heterocycles. The molecular weight excluding hydrogens is 330 g/mol. The van der Waals surface area contributed by atoms with Crippen molar-refractivity contribution in [2.24, 2.45) is 0 Å². The van der Waals surface area contributed by atoms with Gasteiger partial charge in [-0.15, -0.1) is 6.07 Å². The molecule has 65 valence electrons. The molecule has 1 rings (SSSR count). The standard InChI is InChI=1S/C7H7N2O2.Re/c8-6-2-1-3-9(4-5-10)7(6)11;/h1-2,5H,4,8H2;/q-1;. The van der Waals surface area contributed by atoms with Crippen molar-refractivity contribution in [1.82, 2.24) is 4.57 Å². The maximum Gasteiger partial charge on any atom is 0.158 e. The number of hydrogen-bond acceptors (Lipinski definition) is 3. The van der Waals surface area contributed by atoms with Crippen LogP contribution in [0.2, 0.25) is 0 Å². The Bertz CT molecular complexity index is 321. The van der Waals surface area contributed by atoms with Crippen molar-refractivity contribution in [1.29, 1.82) is 0 Å². The summed E-state index contributed by atoms with van der Waals surface area (Å²) in [6.45, 7) is 0.00384. The maximum absolute atomic E-state index is 11.0. The largest absolute Gasteiger partial charge is 0.416 e. The van der Waals surface area contributed by atoms with Crippen LogP contribution in [0.5, 0.6) is 0 Å². The summed E-state index contributed by atoms with van der Waals surface area (Å²) >= 11 is 0. The summed E-state index contributed by atoms with van der Waals surface area (Å²) in [4.78, 5) is 21.0. The minimum atomic E-state index is -0.375. The quantitative estimate of drug-likeness (QED) is 0.581. The van der Waals surface area contributed by atoms with Crippen molar-refractivity contribution in [3.8, 4) is 0 Å². The van der Waals surface area contributed by atoms with Crippen LogP contribution in [0.3, 0.4) is 0 Å². The van der Waals surface area contributed by atoms with Crippen LogP contribution in [-0.2, 0) is 31.8 Å². The summed E-state index contributed by atoms with van der Waals surface area (Å²) in [7, 11) is 0. The summed E-state index contributed by atoms with van der Waals surface area (Å²) < 4.78 is 1.13. The van der Waals surface area contributed by atoms with E-state index in [4.69, 9.17) is 5.73 Å². The molecule has 0 saturated carbocycles. The van der Waals surface area contributed by atoms with Crippen LogP contribution in [0.15, 0.2) is 16.9 Å². The molecule has 0 fully saturated rings. The number of nitrogens with zero attached hydrogens (tertiary/aromatic N) is 1. The second-order valence-electron chi connectivity index (χ2n) is 2.00. The van der Waals surface area contributed by atoms with E-state index < -0.39 is 0 Å². The first-order valence-electron chi connectivity index (χ1n) is 3.06. The van der Waals surface area contributed by atoms with Crippen LogP contribution in [0.1, 0.15) is 0 Å². The Kier molecular flexibility index (Phi) is 4.49. The molecule has 12 heavy (non-hydrogen) atoms. The van der Waals surface area contributed by atoms with Crippen molar-refractivity contribution in [3.63, 3.8) is 0 Å². The van der Waals surface area contributed by atoms with E-state index in [0.29, 0.717) is 6.29 Å². The molecule has 4 nitrogen and oxygen atoms in total. The molecule has 0 spiro atoms. The number of rotatable bonds is 2. The summed E-state index contributed by atoms with van der Waals surface area (Å²) in [6, 6.07) is 2.95. The molecule has 0 amide bonds. The number of aromatic nitrogens is 1. The molecule has 0 aliphatic heterocycles. The average Bonchev–Trinajstić information content (AvgIpc) is 1.99. The molecule has 0 aliphatic rings. The first kappa shape index (κ1) is 11.1. The molecule has 0 bridgehead atoms. The third-order valence-electron chi connectivity index (χ3n) is 1.24. The van der Waals surface area contributed by atoms with Gasteiger partial charge in [0.1, 0.15) is 6.29 Å². The summed E-state index contributed by atoms with van der Waals surface area (Å²) in [5, 5.41) is 0. The van der Waals surface area contributed by atoms with E-state index in [9.17, 15) is 9.59 Å². The Labute approximate surface area is 83.0 Å². The van der Waals surface area contributed by atoms with Gasteiger partial charge in [-0.2, -0.15) is 6.07 Å². The van der Waals surface area contributed by atoms with E-state index in [1.54, 1.807) is 0 Å². The van der Waals surface area contributed by atoms with Gasteiger partial charge < -0.3 is 19.9 Å². The molecule has 1 aromatic rings. The molecule has 0 unspecified atom stereocenters. The number of aldehydes is 1. The topological polar surface area (TPSA) is 65.1 Å². The Morgan fingerprint density at radius 1 is 1.67 bits per heavy atom. The zero-order valence-electron chi connectivity index (χ0n) is 6.16. The Morgan fingerprint density at radius 3 is 2.92 bits per heavy atom. The minimum absolute atomic E-state index is 0. The van der Waals surface area contributed by atoms with Gasteiger partial charge in [0, 0.05) is 20.4 Å². The Hall–Kier alpha value is -0.918. The van der Waals surface area contributed by atoms with E-state index in [-0.39, 0.29) is 38.2 Å². The predicted molar refractivity (Wildman–Crippen MR) is 40.0 cm³/mol. The van der Waals surface area contributed by atoms with Gasteiger partial charge in [-0.25, -0.2) is 0 Å². The fourth-order valence-corrected chi connectivity index (χ4v) is 0.713. The predicted octanol–water partition coefficient (Wildman–Crippen LogP) is -0.573. The van der Waals surface area contributed by atoms with Gasteiger partial charge in [-0.1, -0.05) is 6.20 Å². The number of nitrogens with two attached hydrogens (primary N) is 1. The van der Waals surface area contributed by atoms with E-state index in [1.807, 2.05) is 0 Å². The van der Waals surface area contributed by atoms with Gasteiger partial charge in [-0.05, 0) is 5.69 Å². The van der Waals surface area contributed by atoms with Gasteiger partial charge in [-0.3, -0.25) is 0 Å². The monoisotopic (exact) mass is 338 g/mol. The molecule has 0 saturated heterocycles.